The minimum atomic E-state index is -0.227. The number of hydrogen-bond acceptors (Lipinski definition) is 2. The zero-order valence-electron chi connectivity index (χ0n) is 11.7. The summed E-state index contributed by atoms with van der Waals surface area (Å²) in [7, 11) is 0. The Kier molecular flexibility index (Phi) is 6.15. The molecule has 0 aromatic heterocycles. The number of nitrogens with zero attached hydrogens (tertiary/aromatic N) is 1. The molecule has 1 N–H and O–H groups in total. The second kappa shape index (κ2) is 7.47. The summed E-state index contributed by atoms with van der Waals surface area (Å²) in [4.78, 5) is 2.36. The van der Waals surface area contributed by atoms with E-state index in [1.54, 1.807) is 0 Å². The van der Waals surface area contributed by atoms with Crippen LogP contribution in [-0.2, 0) is 0 Å². The molecule has 2 fully saturated rings. The summed E-state index contributed by atoms with van der Waals surface area (Å²) >= 11 is 12.4. The monoisotopic (exact) mass is 352 g/mol. The fourth-order valence-electron chi connectivity index (χ4n) is 3.25. The van der Waals surface area contributed by atoms with Gasteiger partial charge in [-0.3, -0.25) is 4.90 Å². The summed E-state index contributed by atoms with van der Waals surface area (Å²) in [6.07, 6.45) is 3.53. The highest BCUT2D eigenvalue weighted by Crippen LogP contribution is 2.45. The molecule has 1 saturated carbocycles. The molecule has 1 saturated heterocycles. The van der Waals surface area contributed by atoms with Crippen molar-refractivity contribution in [3.63, 3.8) is 0 Å². The third kappa shape index (κ3) is 3.48. The number of nitrogens with one attached hydrogen (secondary N) is 1. The molecule has 1 aromatic rings. The van der Waals surface area contributed by atoms with Gasteiger partial charge in [0.15, 0.2) is 0 Å². The maximum absolute atomic E-state index is 14.4. The van der Waals surface area contributed by atoms with Gasteiger partial charge < -0.3 is 5.32 Å². The fourth-order valence-corrected chi connectivity index (χ4v) is 3.68. The van der Waals surface area contributed by atoms with Gasteiger partial charge in [0.25, 0.3) is 0 Å². The maximum Gasteiger partial charge on any atom is 0.129 e. The van der Waals surface area contributed by atoms with E-state index in [0.29, 0.717) is 21.5 Å². The predicted octanol–water partition coefficient (Wildman–Crippen LogP) is 4.30. The molecule has 0 radical (unpaired) electrons. The molecule has 3 rings (SSSR count). The molecule has 21 heavy (non-hydrogen) atoms. The fraction of sp³-hybridized carbons (Fsp3) is 0.600. The summed E-state index contributed by atoms with van der Waals surface area (Å²) in [5, 5.41) is 4.18. The van der Waals surface area contributed by atoms with Crippen LogP contribution in [0.1, 0.15) is 30.9 Å². The first-order chi connectivity index (χ1) is 9.68. The predicted molar refractivity (Wildman–Crippen MR) is 88.2 cm³/mol. The van der Waals surface area contributed by atoms with E-state index in [9.17, 15) is 4.39 Å². The van der Waals surface area contributed by atoms with Crippen LogP contribution in [0.25, 0.3) is 0 Å². The summed E-state index contributed by atoms with van der Waals surface area (Å²) in [5.41, 5.74) is 0.603. The second-order valence-electron chi connectivity index (χ2n) is 5.68. The van der Waals surface area contributed by atoms with Gasteiger partial charge in [-0.05, 0) is 30.9 Å². The van der Waals surface area contributed by atoms with Crippen molar-refractivity contribution in [1.29, 1.82) is 0 Å². The lowest BCUT2D eigenvalue weighted by atomic mass is 9.76. The van der Waals surface area contributed by atoms with Gasteiger partial charge in [0, 0.05) is 37.8 Å². The average Bonchev–Trinajstić information content (AvgIpc) is 2.41. The van der Waals surface area contributed by atoms with Gasteiger partial charge >= 0.3 is 0 Å². The van der Waals surface area contributed by atoms with Crippen LogP contribution < -0.4 is 5.32 Å². The molecule has 2 nitrogen and oxygen atoms in total. The molecular formula is C15H20Cl3FN2. The molecule has 1 heterocycles. The molecule has 1 aliphatic heterocycles. The topological polar surface area (TPSA) is 15.3 Å². The Hall–Kier alpha value is -0.0600. The Morgan fingerprint density at radius 2 is 1.86 bits per heavy atom. The van der Waals surface area contributed by atoms with E-state index in [0.717, 1.165) is 39.0 Å². The highest BCUT2D eigenvalue weighted by Gasteiger charge is 2.36. The Labute approximate surface area is 141 Å². The lowest BCUT2D eigenvalue weighted by Crippen LogP contribution is -2.48. The van der Waals surface area contributed by atoms with Crippen molar-refractivity contribution in [2.45, 2.75) is 25.3 Å². The smallest absolute Gasteiger partial charge is 0.129 e. The first-order valence-electron chi connectivity index (χ1n) is 7.26. The van der Waals surface area contributed by atoms with E-state index >= 15 is 0 Å². The molecule has 6 heteroatoms. The van der Waals surface area contributed by atoms with Gasteiger partial charge in [0.2, 0.25) is 0 Å². The quantitative estimate of drug-likeness (QED) is 0.815. The summed E-state index contributed by atoms with van der Waals surface area (Å²) in [6.45, 7) is 3.76. The Bertz CT molecular complexity index is 488. The molecule has 0 unspecified atom stereocenters. The summed E-state index contributed by atoms with van der Waals surface area (Å²) in [5.74, 6) is 0.272. The molecule has 1 aliphatic carbocycles. The highest BCUT2D eigenvalue weighted by atomic mass is 35.5. The Morgan fingerprint density at radius 3 is 2.43 bits per heavy atom. The van der Waals surface area contributed by atoms with Crippen molar-refractivity contribution in [3.05, 3.63) is 33.6 Å². The molecule has 2 aliphatic rings. The standard InChI is InChI=1S/C15H19Cl2FN2.ClH/c16-11-4-5-12(18)13(14(11)17)15(10-2-1-3-10)20-8-6-19-7-9-20;/h4-5,10,15,19H,1-3,6-9H2;1H/t15-;/m1./s1. The molecule has 0 bridgehead atoms. The zero-order valence-corrected chi connectivity index (χ0v) is 14.1. The van der Waals surface area contributed by atoms with Gasteiger partial charge in [-0.1, -0.05) is 29.6 Å². The van der Waals surface area contributed by atoms with Crippen LogP contribution >= 0.6 is 35.6 Å². The normalized spacial score (nSPS) is 21.5. The largest absolute Gasteiger partial charge is 0.314 e. The Balaban J connectivity index is 0.00000161. The first kappa shape index (κ1) is 17.3. The van der Waals surface area contributed by atoms with Crippen LogP contribution in [0, 0.1) is 11.7 Å². The van der Waals surface area contributed by atoms with Crippen LogP contribution in [0.15, 0.2) is 12.1 Å². The van der Waals surface area contributed by atoms with Crippen LogP contribution in [0.5, 0.6) is 0 Å². The molecular weight excluding hydrogens is 334 g/mol. The number of rotatable bonds is 3. The van der Waals surface area contributed by atoms with Gasteiger partial charge in [-0.25, -0.2) is 4.39 Å². The lowest BCUT2D eigenvalue weighted by molar-refractivity contribution is 0.0813. The Morgan fingerprint density at radius 1 is 1.19 bits per heavy atom. The van der Waals surface area contributed by atoms with Crippen molar-refractivity contribution < 1.29 is 4.39 Å². The minimum absolute atomic E-state index is 0. The number of piperazine rings is 1. The van der Waals surface area contributed by atoms with Crippen molar-refractivity contribution in [1.82, 2.24) is 10.2 Å². The van der Waals surface area contributed by atoms with Crippen LogP contribution in [-0.4, -0.2) is 31.1 Å². The van der Waals surface area contributed by atoms with E-state index in [-0.39, 0.29) is 24.3 Å². The summed E-state index contributed by atoms with van der Waals surface area (Å²) in [6, 6.07) is 3.05. The molecule has 1 aromatic carbocycles. The van der Waals surface area contributed by atoms with E-state index in [1.807, 2.05) is 0 Å². The van der Waals surface area contributed by atoms with Crippen LogP contribution in [0.4, 0.5) is 4.39 Å². The maximum atomic E-state index is 14.4. The highest BCUT2D eigenvalue weighted by molar-refractivity contribution is 6.42. The lowest BCUT2D eigenvalue weighted by Gasteiger charge is -2.43. The number of halogens is 4. The zero-order chi connectivity index (χ0) is 14.1. The summed E-state index contributed by atoms with van der Waals surface area (Å²) < 4.78 is 14.4. The van der Waals surface area contributed by atoms with Crippen LogP contribution in [0.2, 0.25) is 10.0 Å². The van der Waals surface area contributed by atoms with Gasteiger partial charge in [0.1, 0.15) is 5.82 Å². The van der Waals surface area contributed by atoms with E-state index in [1.165, 1.54) is 18.6 Å². The third-order valence-electron chi connectivity index (χ3n) is 4.52. The molecule has 118 valence electrons. The molecule has 1 atom stereocenters. The van der Waals surface area contributed by atoms with Gasteiger partial charge in [-0.2, -0.15) is 0 Å². The molecule has 0 amide bonds. The van der Waals surface area contributed by atoms with Crippen LogP contribution in [0.3, 0.4) is 0 Å². The third-order valence-corrected chi connectivity index (χ3v) is 5.34. The van der Waals surface area contributed by atoms with E-state index < -0.39 is 0 Å². The minimum Gasteiger partial charge on any atom is -0.314 e. The van der Waals surface area contributed by atoms with Gasteiger partial charge in [0.05, 0.1) is 10.0 Å². The van der Waals surface area contributed by atoms with E-state index in [4.69, 9.17) is 23.2 Å². The average molecular weight is 354 g/mol. The number of benzene rings is 1. The molecule has 0 spiro atoms. The van der Waals surface area contributed by atoms with Crippen molar-refractivity contribution in [2.24, 2.45) is 5.92 Å². The number of hydrogen-bond donors (Lipinski definition) is 1. The van der Waals surface area contributed by atoms with Crippen molar-refractivity contribution in [3.8, 4) is 0 Å². The van der Waals surface area contributed by atoms with Gasteiger partial charge in [-0.15, -0.1) is 12.4 Å². The SMILES string of the molecule is Cl.Fc1ccc(Cl)c(Cl)c1[C@@H](C1CCC1)N1CCNCC1. The van der Waals surface area contributed by atoms with Crippen molar-refractivity contribution in [2.75, 3.05) is 26.2 Å². The first-order valence-corrected chi connectivity index (χ1v) is 8.02. The van der Waals surface area contributed by atoms with Crippen molar-refractivity contribution >= 4 is 35.6 Å². The van der Waals surface area contributed by atoms with E-state index in [2.05, 4.69) is 10.2 Å². The second-order valence-corrected chi connectivity index (χ2v) is 6.46.